The van der Waals surface area contributed by atoms with Crippen LogP contribution >= 0.6 is 46.3 Å². The Morgan fingerprint density at radius 1 is 0.956 bits per heavy atom. The van der Waals surface area contributed by atoms with Crippen LogP contribution < -0.4 is 10.1 Å². The second kappa shape index (κ2) is 14.7. The van der Waals surface area contributed by atoms with Crippen LogP contribution in [0.1, 0.15) is 27.3 Å². The van der Waals surface area contributed by atoms with E-state index >= 15 is 0 Å². The van der Waals surface area contributed by atoms with E-state index < -0.39 is 28.3 Å². The summed E-state index contributed by atoms with van der Waals surface area (Å²) in [6.45, 7) is -0.592. The van der Waals surface area contributed by atoms with Crippen LogP contribution in [-0.4, -0.2) is 42.7 Å². The minimum Gasteiger partial charge on any atom is -0.480 e. The number of ether oxygens (including phenoxy) is 1. The predicted molar refractivity (Wildman–Crippen MR) is 180 cm³/mol. The predicted octanol–water partition coefficient (Wildman–Crippen LogP) is 8.02. The Bertz CT molecular complexity index is 1960. The Morgan fingerprint density at radius 3 is 2.51 bits per heavy atom. The van der Waals surface area contributed by atoms with E-state index in [0.717, 1.165) is 25.7 Å². The third-order valence-electron chi connectivity index (χ3n) is 6.55. The largest absolute Gasteiger partial charge is 0.480 e. The molecule has 0 aliphatic heterocycles. The number of fused-ring (bicyclic) bond motifs is 1. The maximum Gasteiger partial charge on any atom is 0.341 e. The number of aliphatic carboxylic acids is 1. The van der Waals surface area contributed by atoms with Crippen molar-refractivity contribution in [1.82, 2.24) is 4.98 Å². The molecule has 0 radical (unpaired) electrons. The number of nitrogens with zero attached hydrogens (tertiary/aromatic N) is 1. The first-order chi connectivity index (χ1) is 21.6. The molecule has 232 valence electrons. The molecule has 1 heterocycles. The first-order valence-electron chi connectivity index (χ1n) is 13.6. The number of carbonyl (C=O) groups excluding carboxylic acids is 1. The molecule has 4 aromatic carbocycles. The lowest BCUT2D eigenvalue weighted by atomic mass is 10.1. The number of thiazole rings is 1. The van der Waals surface area contributed by atoms with Gasteiger partial charge in [0.1, 0.15) is 10.8 Å². The first-order valence-corrected chi connectivity index (χ1v) is 17.8. The molecule has 0 aliphatic rings. The summed E-state index contributed by atoms with van der Waals surface area (Å²) >= 11 is 15.1. The van der Waals surface area contributed by atoms with Crippen LogP contribution in [0.15, 0.2) is 94.7 Å². The Labute approximate surface area is 278 Å². The molecule has 0 aliphatic carbocycles. The summed E-state index contributed by atoms with van der Waals surface area (Å²) in [5.41, 5.74) is 2.29. The minimum absolute atomic E-state index is 0.0805. The van der Waals surface area contributed by atoms with Crippen molar-refractivity contribution in [3.05, 3.63) is 111 Å². The van der Waals surface area contributed by atoms with Gasteiger partial charge < -0.3 is 15.2 Å². The number of amides is 1. The molecule has 8 nitrogen and oxygen atoms in total. The molecule has 0 atom stereocenters. The summed E-state index contributed by atoms with van der Waals surface area (Å²) in [6.07, 6.45) is 0.730. The monoisotopic (exact) mass is 700 g/mol. The SMILES string of the molecule is O=C(O)COc1ccc(CCCS(=O)(=O)c2ccc(Cl)cc2)cc1NC(=O)c1cccc(SCc2nc3cc(Cl)ccc3s2)c1. The van der Waals surface area contributed by atoms with Gasteiger partial charge in [-0.15, -0.1) is 23.1 Å². The van der Waals surface area contributed by atoms with Gasteiger partial charge in [-0.05, 0) is 91.2 Å². The summed E-state index contributed by atoms with van der Waals surface area (Å²) in [6, 6.07) is 23.7. The van der Waals surface area contributed by atoms with Gasteiger partial charge in [0, 0.05) is 20.5 Å². The lowest BCUT2D eigenvalue weighted by Crippen LogP contribution is -2.15. The summed E-state index contributed by atoms with van der Waals surface area (Å²) in [5.74, 6) is -0.849. The molecule has 1 amide bonds. The average molecular weight is 702 g/mol. The lowest BCUT2D eigenvalue weighted by molar-refractivity contribution is -0.139. The zero-order valence-electron chi connectivity index (χ0n) is 23.5. The van der Waals surface area contributed by atoms with Gasteiger partial charge in [-0.2, -0.15) is 0 Å². The van der Waals surface area contributed by atoms with Crippen LogP contribution in [0.25, 0.3) is 10.2 Å². The van der Waals surface area contributed by atoms with Gasteiger partial charge in [0.15, 0.2) is 16.4 Å². The molecule has 0 saturated carbocycles. The third kappa shape index (κ3) is 8.99. The van der Waals surface area contributed by atoms with Crippen molar-refractivity contribution in [3.8, 4) is 5.75 Å². The molecular formula is C32H26Cl2N2O6S3. The molecular weight excluding hydrogens is 675 g/mol. The fourth-order valence-corrected chi connectivity index (χ4v) is 7.90. The number of rotatable bonds is 13. The van der Waals surface area contributed by atoms with E-state index in [2.05, 4.69) is 10.3 Å². The van der Waals surface area contributed by atoms with Crippen LogP contribution in [0.3, 0.4) is 0 Å². The molecule has 0 spiro atoms. The smallest absolute Gasteiger partial charge is 0.341 e. The highest BCUT2D eigenvalue weighted by Crippen LogP contribution is 2.31. The summed E-state index contributed by atoms with van der Waals surface area (Å²) in [4.78, 5) is 30.2. The van der Waals surface area contributed by atoms with Crippen molar-refractivity contribution in [2.24, 2.45) is 0 Å². The number of carboxylic acids is 1. The standard InChI is InChI=1S/C32H26Cl2N2O6S3/c33-22-7-10-25(11-8-22)45(40,41)14-2-3-20-6-12-28(42-18-31(37)38)26(15-20)36-32(39)21-4-1-5-24(16-21)43-19-30-35-27-17-23(34)9-13-29(27)44-30/h1,4-13,15-17H,2-3,14,18-19H2,(H,36,39)(H,37,38). The van der Waals surface area contributed by atoms with Gasteiger partial charge in [-0.3, -0.25) is 4.79 Å². The molecule has 2 N–H and O–H groups in total. The quantitative estimate of drug-likeness (QED) is 0.118. The van der Waals surface area contributed by atoms with Crippen LogP contribution in [0, 0.1) is 0 Å². The maximum absolute atomic E-state index is 13.3. The lowest BCUT2D eigenvalue weighted by Gasteiger charge is -2.14. The molecule has 1 aromatic heterocycles. The van der Waals surface area contributed by atoms with Gasteiger partial charge in [0.05, 0.1) is 32.3 Å². The zero-order valence-corrected chi connectivity index (χ0v) is 27.5. The Kier molecular flexibility index (Phi) is 10.7. The van der Waals surface area contributed by atoms with Crippen molar-refractivity contribution >= 4 is 83.9 Å². The van der Waals surface area contributed by atoms with Crippen LogP contribution in [0.2, 0.25) is 10.0 Å². The number of carboxylic acid groups (broad SMARTS) is 1. The average Bonchev–Trinajstić information content (AvgIpc) is 3.42. The fourth-order valence-electron chi connectivity index (χ4n) is 4.40. The normalized spacial score (nSPS) is 11.4. The Morgan fingerprint density at radius 2 is 1.73 bits per heavy atom. The van der Waals surface area contributed by atoms with Gasteiger partial charge in [0.25, 0.3) is 5.91 Å². The van der Waals surface area contributed by atoms with Crippen molar-refractivity contribution < 1.29 is 27.9 Å². The second-order valence-electron chi connectivity index (χ2n) is 9.88. The van der Waals surface area contributed by atoms with E-state index in [1.54, 1.807) is 59.5 Å². The molecule has 5 rings (SSSR count). The molecule has 45 heavy (non-hydrogen) atoms. The van der Waals surface area contributed by atoms with Crippen LogP contribution in [0.5, 0.6) is 5.75 Å². The molecule has 0 bridgehead atoms. The summed E-state index contributed by atoms with van der Waals surface area (Å²) < 4.78 is 31.9. The number of aromatic nitrogens is 1. The molecule has 13 heteroatoms. The topological polar surface area (TPSA) is 123 Å². The highest BCUT2D eigenvalue weighted by molar-refractivity contribution is 7.98. The number of halogens is 2. The van der Waals surface area contributed by atoms with E-state index in [1.165, 1.54) is 24.3 Å². The highest BCUT2D eigenvalue weighted by atomic mass is 35.5. The number of thioether (sulfide) groups is 1. The Hall–Kier alpha value is -3.61. The number of hydrogen-bond donors (Lipinski definition) is 2. The highest BCUT2D eigenvalue weighted by Gasteiger charge is 2.16. The number of sulfone groups is 1. The number of nitrogens with one attached hydrogen (secondary N) is 1. The summed E-state index contributed by atoms with van der Waals surface area (Å²) in [7, 11) is -3.50. The van der Waals surface area contributed by atoms with Gasteiger partial charge in [-0.1, -0.05) is 35.3 Å². The van der Waals surface area contributed by atoms with Gasteiger partial charge >= 0.3 is 5.97 Å². The van der Waals surface area contributed by atoms with Crippen molar-refractivity contribution in [3.63, 3.8) is 0 Å². The molecule has 5 aromatic rings. The number of carbonyl (C=O) groups is 2. The van der Waals surface area contributed by atoms with Gasteiger partial charge in [0.2, 0.25) is 0 Å². The molecule has 0 unspecified atom stereocenters. The summed E-state index contributed by atoms with van der Waals surface area (Å²) in [5, 5.41) is 14.0. The van der Waals surface area contributed by atoms with Crippen molar-refractivity contribution in [2.75, 3.05) is 17.7 Å². The van der Waals surface area contributed by atoms with E-state index in [1.807, 2.05) is 24.3 Å². The number of hydrogen-bond acceptors (Lipinski definition) is 8. The van der Waals surface area contributed by atoms with E-state index in [9.17, 15) is 18.0 Å². The number of aryl methyl sites for hydroxylation is 1. The van der Waals surface area contributed by atoms with E-state index in [4.69, 9.17) is 33.0 Å². The third-order valence-corrected chi connectivity index (χ3v) is 11.1. The van der Waals surface area contributed by atoms with Crippen LogP contribution in [-0.2, 0) is 26.8 Å². The minimum atomic E-state index is -3.50. The second-order valence-corrected chi connectivity index (χ2v) is 15.0. The fraction of sp³-hybridized carbons (Fsp3) is 0.156. The van der Waals surface area contributed by atoms with Gasteiger partial charge in [-0.25, -0.2) is 18.2 Å². The molecule has 0 fully saturated rings. The number of anilines is 1. The zero-order chi connectivity index (χ0) is 32.0. The van der Waals surface area contributed by atoms with E-state index in [0.29, 0.717) is 34.2 Å². The maximum atomic E-state index is 13.3. The molecule has 0 saturated heterocycles. The van der Waals surface area contributed by atoms with Crippen molar-refractivity contribution in [2.45, 2.75) is 28.4 Å². The van der Waals surface area contributed by atoms with Crippen LogP contribution in [0.4, 0.5) is 5.69 Å². The first kappa shape index (κ1) is 32.8. The van der Waals surface area contributed by atoms with E-state index in [-0.39, 0.29) is 22.1 Å². The van der Waals surface area contributed by atoms with Crippen molar-refractivity contribution in [1.29, 1.82) is 0 Å². The number of benzene rings is 4. The Balaban J connectivity index is 1.26.